The van der Waals surface area contributed by atoms with Crippen molar-refractivity contribution in [1.29, 1.82) is 0 Å². The van der Waals surface area contributed by atoms with Crippen LogP contribution in [0.15, 0.2) is 30.3 Å². The Morgan fingerprint density at radius 2 is 1.43 bits per heavy atom. The minimum absolute atomic E-state index is 0.177. The maximum absolute atomic E-state index is 12.4. The molecule has 0 aliphatic carbocycles. The summed E-state index contributed by atoms with van der Waals surface area (Å²) in [6.07, 6.45) is 0. The van der Waals surface area contributed by atoms with Crippen molar-refractivity contribution in [3.05, 3.63) is 45.9 Å². The van der Waals surface area contributed by atoms with Gasteiger partial charge >= 0.3 is 5.97 Å². The Bertz CT molecular complexity index is 731. The van der Waals surface area contributed by atoms with Crippen molar-refractivity contribution < 1.29 is 23.7 Å². The van der Waals surface area contributed by atoms with E-state index in [0.29, 0.717) is 16.5 Å². The molecule has 0 saturated heterocycles. The van der Waals surface area contributed by atoms with Crippen molar-refractivity contribution >= 4 is 29.2 Å². The van der Waals surface area contributed by atoms with Gasteiger partial charge in [0.1, 0.15) is 17.1 Å². The number of esters is 1. The van der Waals surface area contributed by atoms with Crippen LogP contribution in [0.4, 0.5) is 0 Å². The van der Waals surface area contributed by atoms with Crippen LogP contribution >= 0.6 is 23.2 Å². The Kier molecular flexibility index (Phi) is 5.58. The smallest absolute Gasteiger partial charge is 0.347 e. The molecule has 2 aromatic rings. The molecule has 0 radical (unpaired) electrons. The summed E-state index contributed by atoms with van der Waals surface area (Å²) >= 11 is 11.8. The molecule has 0 aliphatic heterocycles. The summed E-state index contributed by atoms with van der Waals surface area (Å²) in [5, 5.41) is 0.670. The highest BCUT2D eigenvalue weighted by Crippen LogP contribution is 2.36. The molecule has 0 bridgehead atoms. The Labute approximate surface area is 143 Å². The highest BCUT2D eigenvalue weighted by molar-refractivity contribution is 6.35. The molecule has 122 valence electrons. The van der Waals surface area contributed by atoms with Crippen molar-refractivity contribution in [2.75, 3.05) is 21.3 Å². The van der Waals surface area contributed by atoms with E-state index in [4.69, 9.17) is 42.1 Å². The maximum Gasteiger partial charge on any atom is 0.347 e. The summed E-state index contributed by atoms with van der Waals surface area (Å²) in [4.78, 5) is 12.4. The van der Waals surface area contributed by atoms with Gasteiger partial charge in [0.15, 0.2) is 11.5 Å². The second-order valence-electron chi connectivity index (χ2n) is 4.37. The average molecular weight is 357 g/mol. The molecule has 0 unspecified atom stereocenters. The number of carbonyl (C=O) groups is 1. The molecule has 0 atom stereocenters. The summed E-state index contributed by atoms with van der Waals surface area (Å²) < 4.78 is 20.9. The van der Waals surface area contributed by atoms with E-state index in [-0.39, 0.29) is 22.1 Å². The lowest BCUT2D eigenvalue weighted by molar-refractivity contribution is 0.0731. The van der Waals surface area contributed by atoms with E-state index < -0.39 is 5.97 Å². The van der Waals surface area contributed by atoms with E-state index in [1.54, 1.807) is 12.1 Å². The highest BCUT2D eigenvalue weighted by atomic mass is 35.5. The van der Waals surface area contributed by atoms with Crippen LogP contribution in [0.3, 0.4) is 0 Å². The fraction of sp³-hybridized carbons (Fsp3) is 0.188. The van der Waals surface area contributed by atoms with E-state index in [0.717, 1.165) is 0 Å². The third-order valence-electron chi connectivity index (χ3n) is 3.02. The van der Waals surface area contributed by atoms with Gasteiger partial charge in [-0.3, -0.25) is 0 Å². The molecule has 7 heteroatoms. The zero-order valence-corrected chi connectivity index (χ0v) is 14.2. The predicted octanol–water partition coefficient (Wildman–Crippen LogP) is 4.24. The molecule has 23 heavy (non-hydrogen) atoms. The molecule has 0 spiro atoms. The van der Waals surface area contributed by atoms with Crippen LogP contribution < -0.4 is 18.9 Å². The van der Waals surface area contributed by atoms with Crippen LogP contribution in [0.1, 0.15) is 10.4 Å². The van der Waals surface area contributed by atoms with Crippen molar-refractivity contribution in [3.63, 3.8) is 0 Å². The number of rotatable bonds is 5. The fourth-order valence-corrected chi connectivity index (χ4v) is 2.35. The van der Waals surface area contributed by atoms with E-state index in [1.807, 2.05) is 0 Å². The Morgan fingerprint density at radius 1 is 0.826 bits per heavy atom. The van der Waals surface area contributed by atoms with Crippen LogP contribution in [-0.4, -0.2) is 27.3 Å². The van der Waals surface area contributed by atoms with E-state index in [9.17, 15) is 4.79 Å². The van der Waals surface area contributed by atoms with Gasteiger partial charge in [-0.1, -0.05) is 23.2 Å². The quantitative estimate of drug-likeness (QED) is 0.592. The summed E-state index contributed by atoms with van der Waals surface area (Å²) in [5.41, 5.74) is 0.177. The number of benzene rings is 2. The first-order valence-corrected chi connectivity index (χ1v) is 7.23. The molecule has 0 fully saturated rings. The molecule has 2 aromatic carbocycles. The number of halogens is 2. The fourth-order valence-electron chi connectivity index (χ4n) is 1.90. The molecule has 0 N–H and O–H groups in total. The van der Waals surface area contributed by atoms with Gasteiger partial charge in [0.25, 0.3) is 0 Å². The lowest BCUT2D eigenvalue weighted by atomic mass is 10.1. The first-order chi connectivity index (χ1) is 11.0. The van der Waals surface area contributed by atoms with Crippen molar-refractivity contribution in [3.8, 4) is 23.0 Å². The number of methoxy groups -OCH3 is 3. The summed E-state index contributed by atoms with van der Waals surface area (Å²) in [5.74, 6) is 0.649. The van der Waals surface area contributed by atoms with Crippen molar-refractivity contribution in [1.82, 2.24) is 0 Å². The number of hydrogen-bond acceptors (Lipinski definition) is 5. The van der Waals surface area contributed by atoms with E-state index >= 15 is 0 Å². The Morgan fingerprint density at radius 3 is 2.00 bits per heavy atom. The second-order valence-corrected chi connectivity index (χ2v) is 5.22. The first kappa shape index (κ1) is 17.2. The SMILES string of the molecule is COc1cc(OC)c(C(=O)Oc2ccc(Cl)cc2Cl)cc1OC. The molecule has 0 saturated carbocycles. The van der Waals surface area contributed by atoms with Gasteiger partial charge in [-0.25, -0.2) is 4.79 Å². The molecular weight excluding hydrogens is 343 g/mol. The van der Waals surface area contributed by atoms with Crippen LogP contribution in [0.25, 0.3) is 0 Å². The van der Waals surface area contributed by atoms with Gasteiger partial charge in [-0.2, -0.15) is 0 Å². The summed E-state index contributed by atoms with van der Waals surface area (Å²) in [6, 6.07) is 7.58. The van der Waals surface area contributed by atoms with Crippen LogP contribution in [0.2, 0.25) is 10.0 Å². The van der Waals surface area contributed by atoms with Gasteiger partial charge in [0, 0.05) is 17.2 Å². The summed E-state index contributed by atoms with van der Waals surface area (Å²) in [7, 11) is 4.39. The second kappa shape index (κ2) is 7.44. The third kappa shape index (κ3) is 3.81. The third-order valence-corrected chi connectivity index (χ3v) is 3.55. The maximum atomic E-state index is 12.4. The monoisotopic (exact) mass is 356 g/mol. The standard InChI is InChI=1S/C16H14Cl2O5/c1-20-13-8-15(22-3)14(21-2)7-10(13)16(19)23-12-5-4-9(17)6-11(12)18/h4-8H,1-3H3. The molecule has 0 aromatic heterocycles. The number of carbonyl (C=O) groups excluding carboxylic acids is 1. The molecular formula is C16H14Cl2O5. The molecule has 0 aliphatic rings. The van der Waals surface area contributed by atoms with E-state index in [1.165, 1.54) is 39.5 Å². The molecule has 2 rings (SSSR count). The molecule has 0 heterocycles. The van der Waals surface area contributed by atoms with Gasteiger partial charge < -0.3 is 18.9 Å². The van der Waals surface area contributed by atoms with Crippen LogP contribution in [-0.2, 0) is 0 Å². The van der Waals surface area contributed by atoms with Crippen LogP contribution in [0, 0.1) is 0 Å². The van der Waals surface area contributed by atoms with Gasteiger partial charge in [0.2, 0.25) is 0 Å². The van der Waals surface area contributed by atoms with Gasteiger partial charge in [-0.05, 0) is 18.2 Å². The Hall–Kier alpha value is -2.11. The summed E-state index contributed by atoms with van der Waals surface area (Å²) in [6.45, 7) is 0. The molecule has 0 amide bonds. The number of ether oxygens (including phenoxy) is 4. The van der Waals surface area contributed by atoms with Gasteiger partial charge in [0.05, 0.1) is 26.4 Å². The van der Waals surface area contributed by atoms with Crippen molar-refractivity contribution in [2.24, 2.45) is 0 Å². The minimum atomic E-state index is -0.646. The Balaban J connectivity index is 2.38. The van der Waals surface area contributed by atoms with E-state index in [2.05, 4.69) is 0 Å². The lowest BCUT2D eigenvalue weighted by Gasteiger charge is -2.14. The van der Waals surface area contributed by atoms with Gasteiger partial charge in [-0.15, -0.1) is 0 Å². The zero-order chi connectivity index (χ0) is 17.0. The first-order valence-electron chi connectivity index (χ1n) is 6.47. The largest absolute Gasteiger partial charge is 0.496 e. The zero-order valence-electron chi connectivity index (χ0n) is 12.7. The topological polar surface area (TPSA) is 54.0 Å². The average Bonchev–Trinajstić information content (AvgIpc) is 2.55. The minimum Gasteiger partial charge on any atom is -0.496 e. The highest BCUT2D eigenvalue weighted by Gasteiger charge is 2.20. The lowest BCUT2D eigenvalue weighted by Crippen LogP contribution is -2.11. The van der Waals surface area contributed by atoms with Crippen molar-refractivity contribution in [2.45, 2.75) is 0 Å². The normalized spacial score (nSPS) is 10.1. The predicted molar refractivity (Wildman–Crippen MR) is 87.5 cm³/mol. The van der Waals surface area contributed by atoms with Crippen LogP contribution in [0.5, 0.6) is 23.0 Å². The molecule has 5 nitrogen and oxygen atoms in total. The number of hydrogen-bond donors (Lipinski definition) is 0.